The number of carbonyl (C=O) groups excluding carboxylic acids is 1. The smallest absolute Gasteiger partial charge is 0.219 e. The summed E-state index contributed by atoms with van der Waals surface area (Å²) in [4.78, 5) is 11.5. The van der Waals surface area contributed by atoms with E-state index in [1.165, 1.54) is 0 Å². The van der Waals surface area contributed by atoms with Crippen molar-refractivity contribution in [2.45, 2.75) is 57.4 Å². The molecule has 168 valence electrons. The Kier molecular flexibility index (Phi) is 8.61. The molecule has 0 bridgehead atoms. The minimum absolute atomic E-state index is 0.0611. The van der Waals surface area contributed by atoms with Crippen molar-refractivity contribution in [1.82, 2.24) is 5.32 Å². The van der Waals surface area contributed by atoms with Crippen LogP contribution in [0.3, 0.4) is 0 Å². The number of rotatable bonds is 10. The Balaban J connectivity index is 1.52. The Labute approximate surface area is 183 Å². The van der Waals surface area contributed by atoms with Crippen molar-refractivity contribution in [2.75, 3.05) is 6.54 Å². The summed E-state index contributed by atoms with van der Waals surface area (Å²) in [5.74, 6) is -0.674. The highest BCUT2D eigenvalue weighted by Crippen LogP contribution is 2.38. The van der Waals surface area contributed by atoms with E-state index in [9.17, 15) is 19.4 Å². The quantitative estimate of drug-likeness (QED) is 0.397. The van der Waals surface area contributed by atoms with Crippen LogP contribution in [0.1, 0.15) is 39.0 Å². The predicted molar refractivity (Wildman–Crippen MR) is 122 cm³/mol. The second-order valence-corrected chi connectivity index (χ2v) is 8.53. The molecule has 1 amide bonds. The van der Waals surface area contributed by atoms with Gasteiger partial charge in [-0.05, 0) is 42.5 Å². The molecule has 1 fully saturated rings. The summed E-state index contributed by atoms with van der Waals surface area (Å²) in [5, 5.41) is 25.9. The van der Waals surface area contributed by atoms with Gasteiger partial charge in [-0.1, -0.05) is 60.7 Å². The fourth-order valence-electron chi connectivity index (χ4n) is 4.55. The fourth-order valence-corrected chi connectivity index (χ4v) is 4.55. The number of hydrogen-bond acceptors (Lipinski definition) is 3. The van der Waals surface area contributed by atoms with Crippen LogP contribution in [0.5, 0.6) is 0 Å². The number of aliphatic hydroxyl groups is 2. The van der Waals surface area contributed by atoms with E-state index in [0.717, 1.165) is 23.3 Å². The molecule has 1 saturated carbocycles. The minimum Gasteiger partial charge on any atom is -0.393 e. The lowest BCUT2D eigenvalue weighted by atomic mass is 9.89. The molecule has 1 aromatic carbocycles. The SMILES string of the molecule is CCNC(=O)CCC/C=C\C[C@@H]1[C@@H](/C=C/[C@H](O)C2C=c3ccccc3=C2)[C@@H](F)C[C@@H]1O. The number of allylic oxidation sites excluding steroid dienone is 3. The van der Waals surface area contributed by atoms with E-state index < -0.39 is 24.3 Å². The molecule has 31 heavy (non-hydrogen) atoms. The summed E-state index contributed by atoms with van der Waals surface area (Å²) in [6.07, 6.45) is 11.7. The summed E-state index contributed by atoms with van der Waals surface area (Å²) in [6, 6.07) is 7.98. The van der Waals surface area contributed by atoms with Crippen molar-refractivity contribution in [1.29, 1.82) is 0 Å². The predicted octanol–water partition coefficient (Wildman–Crippen LogP) is 2.38. The summed E-state index contributed by atoms with van der Waals surface area (Å²) in [6.45, 7) is 2.54. The molecule has 0 radical (unpaired) electrons. The summed E-state index contributed by atoms with van der Waals surface area (Å²) >= 11 is 0. The highest BCUT2D eigenvalue weighted by molar-refractivity contribution is 5.75. The van der Waals surface area contributed by atoms with Crippen LogP contribution in [0.25, 0.3) is 12.2 Å². The third-order valence-corrected chi connectivity index (χ3v) is 6.26. The molecule has 0 saturated heterocycles. The third-order valence-electron chi connectivity index (χ3n) is 6.26. The molecule has 0 unspecified atom stereocenters. The lowest BCUT2D eigenvalue weighted by Crippen LogP contribution is -2.21. The molecule has 5 atom stereocenters. The van der Waals surface area contributed by atoms with E-state index >= 15 is 0 Å². The van der Waals surface area contributed by atoms with E-state index in [0.29, 0.717) is 19.4 Å². The molecule has 2 aliphatic rings. The Morgan fingerprint density at radius 2 is 1.97 bits per heavy atom. The number of hydrogen-bond donors (Lipinski definition) is 3. The van der Waals surface area contributed by atoms with Crippen LogP contribution in [0, 0.1) is 17.8 Å². The van der Waals surface area contributed by atoms with Gasteiger partial charge < -0.3 is 15.5 Å². The van der Waals surface area contributed by atoms with E-state index in [-0.39, 0.29) is 24.2 Å². The number of nitrogens with one attached hydrogen (secondary N) is 1. The first-order chi connectivity index (χ1) is 15.0. The van der Waals surface area contributed by atoms with E-state index in [2.05, 4.69) is 5.32 Å². The molecule has 5 heteroatoms. The maximum Gasteiger partial charge on any atom is 0.219 e. The van der Waals surface area contributed by atoms with Crippen LogP contribution in [-0.2, 0) is 4.79 Å². The van der Waals surface area contributed by atoms with Gasteiger partial charge >= 0.3 is 0 Å². The van der Waals surface area contributed by atoms with Gasteiger partial charge in [-0.2, -0.15) is 0 Å². The zero-order chi connectivity index (χ0) is 22.2. The van der Waals surface area contributed by atoms with Gasteiger partial charge in [0.25, 0.3) is 0 Å². The van der Waals surface area contributed by atoms with Crippen LogP contribution >= 0.6 is 0 Å². The zero-order valence-electron chi connectivity index (χ0n) is 18.2. The van der Waals surface area contributed by atoms with Gasteiger partial charge in [0.15, 0.2) is 0 Å². The van der Waals surface area contributed by atoms with Crippen molar-refractivity contribution in [3.8, 4) is 0 Å². The number of unbranched alkanes of at least 4 members (excludes halogenated alkanes) is 1. The molecule has 0 aliphatic heterocycles. The van der Waals surface area contributed by atoms with Gasteiger partial charge in [-0.3, -0.25) is 4.79 Å². The molecule has 2 aliphatic carbocycles. The van der Waals surface area contributed by atoms with Crippen molar-refractivity contribution < 1.29 is 19.4 Å². The summed E-state index contributed by atoms with van der Waals surface area (Å²) < 4.78 is 14.5. The molecule has 3 rings (SSSR count). The second-order valence-electron chi connectivity index (χ2n) is 8.53. The van der Waals surface area contributed by atoms with Gasteiger partial charge in [0, 0.05) is 31.2 Å². The Morgan fingerprint density at radius 1 is 1.26 bits per heavy atom. The Hall–Kier alpha value is -2.24. The first-order valence-electron chi connectivity index (χ1n) is 11.4. The summed E-state index contributed by atoms with van der Waals surface area (Å²) in [7, 11) is 0. The van der Waals surface area contributed by atoms with Gasteiger partial charge in [0.1, 0.15) is 6.17 Å². The van der Waals surface area contributed by atoms with Crippen molar-refractivity contribution in [3.05, 3.63) is 59.0 Å². The summed E-state index contributed by atoms with van der Waals surface area (Å²) in [5.41, 5.74) is 0. The average Bonchev–Trinajstić information content (AvgIpc) is 3.29. The fraction of sp³-hybridized carbons (Fsp3) is 0.500. The van der Waals surface area contributed by atoms with Crippen LogP contribution in [0.15, 0.2) is 48.6 Å². The molecule has 3 N–H and O–H groups in total. The highest BCUT2D eigenvalue weighted by Gasteiger charge is 2.40. The lowest BCUT2D eigenvalue weighted by Gasteiger charge is -2.19. The monoisotopic (exact) mass is 427 g/mol. The number of aliphatic hydroxyl groups excluding tert-OH is 2. The zero-order valence-corrected chi connectivity index (χ0v) is 18.2. The molecule has 4 nitrogen and oxygen atoms in total. The molecule has 0 aromatic heterocycles. The number of fused-ring (bicyclic) bond motifs is 1. The average molecular weight is 428 g/mol. The van der Waals surface area contributed by atoms with Gasteiger partial charge in [0.2, 0.25) is 5.91 Å². The van der Waals surface area contributed by atoms with Gasteiger partial charge in [0.05, 0.1) is 12.2 Å². The maximum atomic E-state index is 14.5. The normalized spacial score (nSPS) is 26.7. The number of amides is 1. The highest BCUT2D eigenvalue weighted by atomic mass is 19.1. The molecular weight excluding hydrogens is 393 g/mol. The van der Waals surface area contributed by atoms with Crippen LogP contribution in [0.4, 0.5) is 4.39 Å². The molecule has 1 aromatic rings. The van der Waals surface area contributed by atoms with Crippen LogP contribution in [-0.4, -0.2) is 41.0 Å². The molecular formula is C26H34FNO3. The number of carbonyl (C=O) groups is 1. The Morgan fingerprint density at radius 3 is 2.65 bits per heavy atom. The third kappa shape index (κ3) is 6.37. The van der Waals surface area contributed by atoms with Crippen LogP contribution < -0.4 is 15.8 Å². The van der Waals surface area contributed by atoms with Gasteiger partial charge in [-0.25, -0.2) is 4.39 Å². The topological polar surface area (TPSA) is 69.6 Å². The number of benzene rings is 1. The second kappa shape index (κ2) is 11.4. The first kappa shape index (κ1) is 23.4. The number of halogens is 1. The van der Waals surface area contributed by atoms with Gasteiger partial charge in [-0.15, -0.1) is 0 Å². The van der Waals surface area contributed by atoms with Crippen molar-refractivity contribution in [3.63, 3.8) is 0 Å². The Bertz CT molecular complexity index is 874. The number of alkyl halides is 1. The largest absolute Gasteiger partial charge is 0.393 e. The minimum atomic E-state index is -1.11. The maximum absolute atomic E-state index is 14.5. The van der Waals surface area contributed by atoms with E-state index in [1.54, 1.807) is 12.2 Å². The van der Waals surface area contributed by atoms with Crippen molar-refractivity contribution >= 4 is 18.1 Å². The van der Waals surface area contributed by atoms with E-state index in [4.69, 9.17) is 0 Å². The van der Waals surface area contributed by atoms with E-state index in [1.807, 2.05) is 55.5 Å². The molecule has 0 heterocycles. The lowest BCUT2D eigenvalue weighted by molar-refractivity contribution is -0.121. The first-order valence-corrected chi connectivity index (χ1v) is 11.4. The standard InChI is InChI=1S/C26H34FNO3/c1-2-28-26(31)12-6-4-3-5-11-22-21(23(27)17-25(22)30)13-14-24(29)20-15-18-9-7-8-10-19(18)16-20/h3,5,7-10,13-16,20-25,29-30H,2,4,6,11-12,17H2,1H3,(H,28,31)/b5-3-,14-13+/t21-,22-,23+,24+,25+/m1/s1. The van der Waals surface area contributed by atoms with Crippen LogP contribution in [0.2, 0.25) is 0 Å². The van der Waals surface area contributed by atoms with Crippen molar-refractivity contribution in [2.24, 2.45) is 17.8 Å². The molecule has 0 spiro atoms.